The second-order valence-electron chi connectivity index (χ2n) is 5.23. The van der Waals surface area contributed by atoms with E-state index in [1.807, 2.05) is 19.1 Å². The van der Waals surface area contributed by atoms with E-state index in [4.69, 9.17) is 22.1 Å². The number of nitrogens with two attached hydrogens (primary N) is 1. The van der Waals surface area contributed by atoms with Gasteiger partial charge in [0.15, 0.2) is 0 Å². The van der Waals surface area contributed by atoms with Crippen LogP contribution in [0.3, 0.4) is 0 Å². The quantitative estimate of drug-likeness (QED) is 0.862. The molecule has 1 fully saturated rings. The van der Waals surface area contributed by atoms with Crippen LogP contribution in [-0.4, -0.2) is 30.6 Å². The molecule has 100 valence electrons. The maximum absolute atomic E-state index is 6.17. The highest BCUT2D eigenvalue weighted by Gasteiger charge is 2.38. The summed E-state index contributed by atoms with van der Waals surface area (Å²) >= 11 is 6.17. The molecule has 0 saturated heterocycles. The number of halogens is 1. The second kappa shape index (κ2) is 5.47. The maximum Gasteiger partial charge on any atom is 0.137 e. The van der Waals surface area contributed by atoms with E-state index < -0.39 is 0 Å². The predicted molar refractivity (Wildman–Crippen MR) is 75.1 cm³/mol. The number of hydrogen-bond donors (Lipinski definition) is 1. The molecule has 0 bridgehead atoms. The SMILES string of the molecule is CCOc1ccc(CN(C)CC2(N)CC2)cc1Cl. The number of nitrogens with zero attached hydrogens (tertiary/aromatic N) is 1. The monoisotopic (exact) mass is 268 g/mol. The van der Waals surface area contributed by atoms with E-state index >= 15 is 0 Å². The Kier molecular flexibility index (Phi) is 4.15. The van der Waals surface area contributed by atoms with Crippen LogP contribution in [0.15, 0.2) is 18.2 Å². The predicted octanol–water partition coefficient (Wildman–Crippen LogP) is 2.66. The highest BCUT2D eigenvalue weighted by Crippen LogP contribution is 2.33. The number of rotatable bonds is 6. The van der Waals surface area contributed by atoms with Gasteiger partial charge in [-0.1, -0.05) is 17.7 Å². The van der Waals surface area contributed by atoms with E-state index in [2.05, 4.69) is 18.0 Å². The summed E-state index contributed by atoms with van der Waals surface area (Å²) in [4.78, 5) is 2.25. The minimum atomic E-state index is 0.0593. The van der Waals surface area contributed by atoms with Gasteiger partial charge in [0.25, 0.3) is 0 Å². The largest absolute Gasteiger partial charge is 0.492 e. The summed E-state index contributed by atoms with van der Waals surface area (Å²) in [6.07, 6.45) is 2.28. The first-order valence-corrected chi connectivity index (χ1v) is 6.79. The Morgan fingerprint density at radius 3 is 2.72 bits per heavy atom. The van der Waals surface area contributed by atoms with E-state index in [0.29, 0.717) is 11.6 Å². The molecule has 1 aromatic carbocycles. The Morgan fingerprint density at radius 2 is 2.17 bits per heavy atom. The fourth-order valence-corrected chi connectivity index (χ4v) is 2.40. The van der Waals surface area contributed by atoms with Crippen molar-refractivity contribution in [1.82, 2.24) is 4.90 Å². The van der Waals surface area contributed by atoms with Crippen molar-refractivity contribution in [1.29, 1.82) is 0 Å². The summed E-state index contributed by atoms with van der Waals surface area (Å²) in [5, 5.41) is 0.677. The molecule has 0 heterocycles. The molecule has 4 heteroatoms. The van der Waals surface area contributed by atoms with E-state index in [1.54, 1.807) is 0 Å². The molecule has 1 aliphatic carbocycles. The van der Waals surface area contributed by atoms with Gasteiger partial charge in [0, 0.05) is 18.6 Å². The lowest BCUT2D eigenvalue weighted by atomic mass is 10.2. The zero-order valence-corrected chi connectivity index (χ0v) is 11.8. The average molecular weight is 269 g/mol. The number of benzene rings is 1. The molecule has 2 N–H and O–H groups in total. The van der Waals surface area contributed by atoms with Crippen molar-refractivity contribution in [2.45, 2.75) is 31.8 Å². The Bertz CT molecular complexity index is 418. The van der Waals surface area contributed by atoms with Gasteiger partial charge in [-0.05, 0) is 44.5 Å². The lowest BCUT2D eigenvalue weighted by molar-refractivity contribution is 0.295. The Hall–Kier alpha value is -0.770. The molecule has 0 atom stereocenters. The van der Waals surface area contributed by atoms with Crippen molar-refractivity contribution < 1.29 is 4.74 Å². The van der Waals surface area contributed by atoms with Gasteiger partial charge in [-0.2, -0.15) is 0 Å². The van der Waals surface area contributed by atoms with E-state index in [1.165, 1.54) is 5.56 Å². The summed E-state index contributed by atoms with van der Waals surface area (Å²) < 4.78 is 5.42. The smallest absolute Gasteiger partial charge is 0.137 e. The second-order valence-corrected chi connectivity index (χ2v) is 5.64. The minimum Gasteiger partial charge on any atom is -0.492 e. The fourth-order valence-electron chi connectivity index (χ4n) is 2.14. The molecule has 1 aliphatic rings. The number of ether oxygens (including phenoxy) is 1. The van der Waals surface area contributed by atoms with E-state index in [-0.39, 0.29) is 5.54 Å². The third kappa shape index (κ3) is 3.61. The normalized spacial score (nSPS) is 16.9. The molecule has 1 saturated carbocycles. The van der Waals surface area contributed by atoms with Crippen molar-refractivity contribution in [3.05, 3.63) is 28.8 Å². The lowest BCUT2D eigenvalue weighted by Crippen LogP contribution is -2.36. The van der Waals surface area contributed by atoms with E-state index in [0.717, 1.165) is 31.7 Å². The van der Waals surface area contributed by atoms with Crippen LogP contribution in [0, 0.1) is 0 Å². The zero-order valence-electron chi connectivity index (χ0n) is 11.1. The van der Waals surface area contributed by atoms with Crippen LogP contribution in [-0.2, 0) is 6.54 Å². The summed E-state index contributed by atoms with van der Waals surface area (Å²) in [5.74, 6) is 0.753. The molecule has 1 aromatic rings. The Labute approximate surface area is 114 Å². The van der Waals surface area contributed by atoms with Crippen LogP contribution in [0.2, 0.25) is 5.02 Å². The molecule has 0 aromatic heterocycles. The molecule has 0 aliphatic heterocycles. The summed E-state index contributed by atoms with van der Waals surface area (Å²) in [6, 6.07) is 5.97. The van der Waals surface area contributed by atoms with Gasteiger partial charge in [0.05, 0.1) is 11.6 Å². The fraction of sp³-hybridized carbons (Fsp3) is 0.571. The first-order chi connectivity index (χ1) is 8.52. The highest BCUT2D eigenvalue weighted by atomic mass is 35.5. The topological polar surface area (TPSA) is 38.5 Å². The highest BCUT2D eigenvalue weighted by molar-refractivity contribution is 6.32. The van der Waals surface area contributed by atoms with Crippen molar-refractivity contribution in [3.63, 3.8) is 0 Å². The van der Waals surface area contributed by atoms with E-state index in [9.17, 15) is 0 Å². The van der Waals surface area contributed by atoms with Gasteiger partial charge >= 0.3 is 0 Å². The molecular weight excluding hydrogens is 248 g/mol. The third-order valence-electron chi connectivity index (χ3n) is 3.23. The van der Waals surface area contributed by atoms with Gasteiger partial charge in [-0.3, -0.25) is 0 Å². The van der Waals surface area contributed by atoms with Crippen LogP contribution in [0.5, 0.6) is 5.75 Å². The first kappa shape index (κ1) is 13.7. The number of hydrogen-bond acceptors (Lipinski definition) is 3. The summed E-state index contributed by atoms with van der Waals surface area (Å²) in [7, 11) is 2.09. The van der Waals surface area contributed by atoms with Crippen LogP contribution >= 0.6 is 11.6 Å². The lowest BCUT2D eigenvalue weighted by Gasteiger charge is -2.21. The molecule has 18 heavy (non-hydrogen) atoms. The van der Waals surface area contributed by atoms with Gasteiger partial charge in [0.2, 0.25) is 0 Å². The molecule has 0 unspecified atom stereocenters. The van der Waals surface area contributed by atoms with Crippen LogP contribution in [0.25, 0.3) is 0 Å². The molecule has 0 radical (unpaired) electrons. The molecule has 0 amide bonds. The van der Waals surface area contributed by atoms with Gasteiger partial charge in [-0.25, -0.2) is 0 Å². The molecule has 3 nitrogen and oxygen atoms in total. The maximum atomic E-state index is 6.17. The van der Waals surface area contributed by atoms with Crippen molar-refractivity contribution in [3.8, 4) is 5.75 Å². The van der Waals surface area contributed by atoms with Crippen LogP contribution in [0.1, 0.15) is 25.3 Å². The molecule has 0 spiro atoms. The molecular formula is C14H21ClN2O. The average Bonchev–Trinajstić information content (AvgIpc) is 3.00. The van der Waals surface area contributed by atoms with Crippen molar-refractivity contribution >= 4 is 11.6 Å². The van der Waals surface area contributed by atoms with Crippen molar-refractivity contribution in [2.75, 3.05) is 20.2 Å². The Balaban J connectivity index is 1.94. The van der Waals surface area contributed by atoms with Gasteiger partial charge < -0.3 is 15.4 Å². The van der Waals surface area contributed by atoms with Gasteiger partial charge in [0.1, 0.15) is 5.75 Å². The summed E-state index contributed by atoms with van der Waals surface area (Å²) in [6.45, 7) is 4.39. The van der Waals surface area contributed by atoms with Crippen molar-refractivity contribution in [2.24, 2.45) is 5.73 Å². The standard InChI is InChI=1S/C14H21ClN2O/c1-3-18-13-5-4-11(8-12(13)15)9-17(2)10-14(16)6-7-14/h4-5,8H,3,6-7,9-10,16H2,1-2H3. The number of likely N-dealkylation sites (N-methyl/N-ethyl adjacent to an activating group) is 1. The zero-order chi connectivity index (χ0) is 13.2. The first-order valence-electron chi connectivity index (χ1n) is 6.41. The summed E-state index contributed by atoms with van der Waals surface area (Å²) in [5.41, 5.74) is 7.36. The minimum absolute atomic E-state index is 0.0593. The van der Waals surface area contributed by atoms with Gasteiger partial charge in [-0.15, -0.1) is 0 Å². The Morgan fingerprint density at radius 1 is 1.44 bits per heavy atom. The van der Waals surface area contributed by atoms with Crippen LogP contribution in [0.4, 0.5) is 0 Å². The molecule has 2 rings (SSSR count). The van der Waals surface area contributed by atoms with Crippen LogP contribution < -0.4 is 10.5 Å². The third-order valence-corrected chi connectivity index (χ3v) is 3.52.